The van der Waals surface area contributed by atoms with E-state index in [1.54, 1.807) is 13.1 Å². The number of rotatable bonds is 7. The molecule has 6 heteroatoms. The van der Waals surface area contributed by atoms with Gasteiger partial charge in [0.2, 0.25) is 0 Å². The first-order valence-corrected chi connectivity index (χ1v) is 7.48. The number of likely N-dealkylation sites (N-methyl/N-ethyl adjacent to an activating group) is 1. The van der Waals surface area contributed by atoms with Crippen molar-refractivity contribution in [3.05, 3.63) is 42.5 Å². The minimum absolute atomic E-state index is 0.237. The highest BCUT2D eigenvalue weighted by atomic mass is 16.6. The molecule has 2 rings (SSSR count). The van der Waals surface area contributed by atoms with Crippen molar-refractivity contribution in [3.63, 3.8) is 0 Å². The molecule has 0 aliphatic heterocycles. The van der Waals surface area contributed by atoms with E-state index in [1.807, 2.05) is 42.5 Å². The molecule has 0 aliphatic rings. The molecule has 0 fully saturated rings. The van der Waals surface area contributed by atoms with Crippen molar-refractivity contribution in [1.29, 1.82) is 5.26 Å². The zero-order chi connectivity index (χ0) is 17.4. The molecule has 24 heavy (non-hydrogen) atoms. The molecule has 0 saturated carbocycles. The molecule has 0 heterocycles. The number of amides is 1. The molecule has 0 N–H and O–H groups in total. The van der Waals surface area contributed by atoms with E-state index < -0.39 is 5.97 Å². The van der Waals surface area contributed by atoms with Gasteiger partial charge >= 0.3 is 5.97 Å². The third-order valence-electron chi connectivity index (χ3n) is 3.42. The Balaban J connectivity index is 1.78. The van der Waals surface area contributed by atoms with Crippen molar-refractivity contribution in [2.24, 2.45) is 0 Å². The van der Waals surface area contributed by atoms with Crippen molar-refractivity contribution >= 4 is 22.6 Å². The van der Waals surface area contributed by atoms with Crippen LogP contribution in [0.4, 0.5) is 0 Å². The van der Waals surface area contributed by atoms with Crippen LogP contribution in [0.25, 0.3) is 10.8 Å². The van der Waals surface area contributed by atoms with Gasteiger partial charge in [0.15, 0.2) is 13.2 Å². The van der Waals surface area contributed by atoms with E-state index in [1.165, 1.54) is 4.90 Å². The average molecular weight is 326 g/mol. The number of carbonyl (C=O) groups is 2. The number of benzene rings is 2. The van der Waals surface area contributed by atoms with Gasteiger partial charge in [-0.15, -0.1) is 0 Å². The van der Waals surface area contributed by atoms with E-state index in [4.69, 9.17) is 14.7 Å². The molecule has 2 aromatic carbocycles. The van der Waals surface area contributed by atoms with Gasteiger partial charge in [0.25, 0.3) is 5.91 Å². The summed E-state index contributed by atoms with van der Waals surface area (Å²) in [5.41, 5.74) is 0. The van der Waals surface area contributed by atoms with Gasteiger partial charge in [0.05, 0.1) is 12.5 Å². The molecular weight excluding hydrogens is 308 g/mol. The van der Waals surface area contributed by atoms with Crippen LogP contribution in [0.5, 0.6) is 5.75 Å². The van der Waals surface area contributed by atoms with E-state index in [9.17, 15) is 9.59 Å². The van der Waals surface area contributed by atoms with Crippen LogP contribution >= 0.6 is 0 Å². The molecule has 0 unspecified atom stereocenters. The molecule has 6 nitrogen and oxygen atoms in total. The van der Waals surface area contributed by atoms with Crippen molar-refractivity contribution in [2.75, 3.05) is 26.8 Å². The van der Waals surface area contributed by atoms with Crippen molar-refractivity contribution in [1.82, 2.24) is 4.90 Å². The molecule has 0 aromatic heterocycles. The second-order valence-electron chi connectivity index (χ2n) is 5.18. The van der Waals surface area contributed by atoms with Crippen LogP contribution < -0.4 is 4.74 Å². The summed E-state index contributed by atoms with van der Waals surface area (Å²) >= 11 is 0. The minimum Gasteiger partial charge on any atom is -0.482 e. The lowest BCUT2D eigenvalue weighted by molar-refractivity contribution is -0.153. The van der Waals surface area contributed by atoms with Crippen LogP contribution in [-0.2, 0) is 14.3 Å². The minimum atomic E-state index is -0.620. The lowest BCUT2D eigenvalue weighted by Crippen LogP contribution is -2.32. The van der Waals surface area contributed by atoms with Crippen LogP contribution in [0.1, 0.15) is 6.42 Å². The number of esters is 1. The molecule has 0 aliphatic carbocycles. The van der Waals surface area contributed by atoms with E-state index in [0.717, 1.165) is 10.8 Å². The summed E-state index contributed by atoms with van der Waals surface area (Å²) in [5.74, 6) is -0.419. The van der Waals surface area contributed by atoms with Crippen LogP contribution in [-0.4, -0.2) is 43.6 Å². The second kappa shape index (κ2) is 8.53. The number of nitriles is 1. The Hall–Kier alpha value is -3.07. The molecule has 1 amide bonds. The number of hydrogen-bond donors (Lipinski definition) is 0. The van der Waals surface area contributed by atoms with Gasteiger partial charge in [-0.2, -0.15) is 5.26 Å². The number of ether oxygens (including phenoxy) is 2. The highest BCUT2D eigenvalue weighted by molar-refractivity contribution is 5.84. The van der Waals surface area contributed by atoms with Gasteiger partial charge < -0.3 is 14.4 Å². The Morgan fingerprint density at radius 2 is 1.88 bits per heavy atom. The fourth-order valence-electron chi connectivity index (χ4n) is 2.04. The number of nitrogens with zero attached hydrogens (tertiary/aromatic N) is 2. The highest BCUT2D eigenvalue weighted by Crippen LogP contribution is 2.20. The standard InChI is InChI=1S/C18H18N2O4/c1-20(10-4-9-19)17(21)12-24-18(22)13-23-16-8-7-14-5-2-3-6-15(14)11-16/h2-3,5-8,11H,4,10,12-13H2,1H3. The summed E-state index contributed by atoms with van der Waals surface area (Å²) in [4.78, 5) is 24.7. The van der Waals surface area contributed by atoms with Crippen molar-refractivity contribution in [2.45, 2.75) is 6.42 Å². The maximum Gasteiger partial charge on any atom is 0.344 e. The summed E-state index contributed by atoms with van der Waals surface area (Å²) in [6, 6.07) is 15.3. The van der Waals surface area contributed by atoms with Crippen LogP contribution in [0, 0.1) is 11.3 Å². The molecule has 0 saturated heterocycles. The Bertz CT molecular complexity index is 767. The zero-order valence-electron chi connectivity index (χ0n) is 13.4. The van der Waals surface area contributed by atoms with E-state index >= 15 is 0 Å². The Morgan fingerprint density at radius 1 is 1.12 bits per heavy atom. The normalized spacial score (nSPS) is 10.0. The number of fused-ring (bicyclic) bond motifs is 1. The van der Waals surface area contributed by atoms with Crippen molar-refractivity contribution < 1.29 is 19.1 Å². The first kappa shape index (κ1) is 17.3. The number of carbonyl (C=O) groups excluding carboxylic acids is 2. The molecule has 0 bridgehead atoms. The van der Waals surface area contributed by atoms with Gasteiger partial charge in [0.1, 0.15) is 5.75 Å². The lowest BCUT2D eigenvalue weighted by atomic mass is 10.1. The highest BCUT2D eigenvalue weighted by Gasteiger charge is 2.12. The molecular formula is C18H18N2O4. The van der Waals surface area contributed by atoms with Crippen LogP contribution in [0.3, 0.4) is 0 Å². The first-order chi connectivity index (χ1) is 11.6. The maximum atomic E-state index is 11.7. The smallest absolute Gasteiger partial charge is 0.344 e. The molecule has 0 atom stereocenters. The summed E-state index contributed by atoms with van der Waals surface area (Å²) in [6.45, 7) is -0.324. The predicted molar refractivity (Wildman–Crippen MR) is 88.3 cm³/mol. The van der Waals surface area contributed by atoms with E-state index in [-0.39, 0.29) is 25.5 Å². The fourth-order valence-corrected chi connectivity index (χ4v) is 2.04. The first-order valence-electron chi connectivity index (χ1n) is 7.48. The second-order valence-corrected chi connectivity index (χ2v) is 5.18. The lowest BCUT2D eigenvalue weighted by Gasteiger charge is -2.15. The summed E-state index contributed by atoms with van der Waals surface area (Å²) < 4.78 is 10.3. The van der Waals surface area contributed by atoms with Gasteiger partial charge in [-0.05, 0) is 22.9 Å². The van der Waals surface area contributed by atoms with Gasteiger partial charge in [-0.1, -0.05) is 30.3 Å². The van der Waals surface area contributed by atoms with Gasteiger partial charge in [-0.3, -0.25) is 4.79 Å². The SMILES string of the molecule is CN(CCC#N)C(=O)COC(=O)COc1ccc2ccccc2c1. The maximum absolute atomic E-state index is 11.7. The zero-order valence-corrected chi connectivity index (χ0v) is 13.4. The quantitative estimate of drug-likeness (QED) is 0.728. The van der Waals surface area contributed by atoms with E-state index in [2.05, 4.69) is 0 Å². The molecule has 0 spiro atoms. The molecule has 2 aromatic rings. The fraction of sp³-hybridized carbons (Fsp3) is 0.278. The van der Waals surface area contributed by atoms with Crippen LogP contribution in [0.15, 0.2) is 42.5 Å². The van der Waals surface area contributed by atoms with Crippen molar-refractivity contribution in [3.8, 4) is 11.8 Å². The largest absolute Gasteiger partial charge is 0.482 e. The van der Waals surface area contributed by atoms with Crippen LogP contribution in [0.2, 0.25) is 0 Å². The average Bonchev–Trinajstić information content (AvgIpc) is 2.62. The van der Waals surface area contributed by atoms with Gasteiger partial charge in [0, 0.05) is 13.6 Å². The topological polar surface area (TPSA) is 79.6 Å². The monoisotopic (exact) mass is 326 g/mol. The van der Waals surface area contributed by atoms with Gasteiger partial charge in [-0.25, -0.2) is 4.79 Å². The number of hydrogen-bond acceptors (Lipinski definition) is 5. The third kappa shape index (κ3) is 4.99. The third-order valence-corrected chi connectivity index (χ3v) is 3.42. The Kier molecular flexibility index (Phi) is 6.15. The molecule has 124 valence electrons. The molecule has 0 radical (unpaired) electrons. The Morgan fingerprint density at radius 3 is 2.62 bits per heavy atom. The Labute approximate surface area is 140 Å². The summed E-state index contributed by atoms with van der Waals surface area (Å²) in [7, 11) is 1.55. The summed E-state index contributed by atoms with van der Waals surface area (Å²) in [5, 5.41) is 10.6. The summed E-state index contributed by atoms with van der Waals surface area (Å²) in [6.07, 6.45) is 0.237. The predicted octanol–water partition coefficient (Wildman–Crippen LogP) is 2.13. The van der Waals surface area contributed by atoms with E-state index in [0.29, 0.717) is 12.3 Å².